The Bertz CT molecular complexity index is 1550. The Morgan fingerprint density at radius 3 is 2.30 bits per heavy atom. The summed E-state index contributed by atoms with van der Waals surface area (Å²) in [4.78, 5) is 41.7. The van der Waals surface area contributed by atoms with Gasteiger partial charge in [-0.2, -0.15) is 0 Å². The van der Waals surface area contributed by atoms with Gasteiger partial charge < -0.3 is 15.0 Å². The minimum absolute atomic E-state index is 0.100. The molecular weight excluding hydrogens is 568 g/mol. The number of rotatable bonds is 16. The highest BCUT2D eigenvalue weighted by atomic mass is 32.1. The molecule has 0 saturated carbocycles. The highest BCUT2D eigenvalue weighted by Gasteiger charge is 2.20. The lowest BCUT2D eigenvalue weighted by Gasteiger charge is -2.18. The molecular formula is C37H42N2O4S. The number of carbonyl (C=O) groups excluding carboxylic acids is 3. The number of nitrogens with zero attached hydrogens (tertiary/aromatic N) is 1. The van der Waals surface area contributed by atoms with Crippen molar-refractivity contribution in [2.24, 2.45) is 0 Å². The van der Waals surface area contributed by atoms with Crippen molar-refractivity contribution in [3.8, 4) is 16.9 Å². The molecule has 0 aliphatic carbocycles. The summed E-state index contributed by atoms with van der Waals surface area (Å²) in [7, 11) is 1.85. The largest absolute Gasteiger partial charge is 0.424 e. The number of ketones is 1. The van der Waals surface area contributed by atoms with Gasteiger partial charge in [-0.25, -0.2) is 0 Å². The van der Waals surface area contributed by atoms with Crippen LogP contribution in [0.4, 0.5) is 11.4 Å². The average Bonchev–Trinajstić information content (AvgIpc) is 3.50. The second kappa shape index (κ2) is 16.6. The van der Waals surface area contributed by atoms with E-state index in [1.54, 1.807) is 34.4 Å². The Morgan fingerprint density at radius 1 is 0.795 bits per heavy atom. The number of unbranched alkanes of at least 4 members (excludes halogenated alkanes) is 4. The van der Waals surface area contributed by atoms with Gasteiger partial charge in [-0.1, -0.05) is 94.1 Å². The van der Waals surface area contributed by atoms with E-state index in [9.17, 15) is 14.4 Å². The van der Waals surface area contributed by atoms with Crippen molar-refractivity contribution in [2.75, 3.05) is 12.4 Å². The predicted molar refractivity (Wildman–Crippen MR) is 180 cm³/mol. The number of benzene rings is 3. The molecule has 230 valence electrons. The van der Waals surface area contributed by atoms with Gasteiger partial charge in [0.2, 0.25) is 5.91 Å². The molecule has 0 fully saturated rings. The Balaban J connectivity index is 1.58. The van der Waals surface area contributed by atoms with Gasteiger partial charge in [-0.15, -0.1) is 11.3 Å². The Kier molecular flexibility index (Phi) is 12.3. The number of carbonyl (C=O) groups is 3. The summed E-state index contributed by atoms with van der Waals surface area (Å²) in [5.74, 6) is 0.141. The standard InChI is InChI=1S/C37H42N2O4S/c1-4-6-7-8-12-23-34(40)39(3)25-29-24-28(26-44-29)30-20-15-22-33(37(30)43-35(41)16-5-2)38-32-21-14-13-19-31(32)36(42)27-17-10-9-11-18-27/h9-11,13-15,17-22,24,26,38H,4-8,12,16,23,25H2,1-3H3. The molecule has 1 amide bonds. The third-order valence-electron chi connectivity index (χ3n) is 7.44. The van der Waals surface area contributed by atoms with E-state index >= 15 is 0 Å². The number of esters is 1. The van der Waals surface area contributed by atoms with Crippen molar-refractivity contribution in [1.29, 1.82) is 0 Å². The van der Waals surface area contributed by atoms with Gasteiger partial charge in [0.1, 0.15) is 0 Å². The third kappa shape index (κ3) is 8.89. The van der Waals surface area contributed by atoms with Gasteiger partial charge in [0, 0.05) is 47.1 Å². The molecule has 7 heteroatoms. The van der Waals surface area contributed by atoms with E-state index in [1.807, 2.05) is 73.9 Å². The average molecular weight is 611 g/mol. The van der Waals surface area contributed by atoms with Crippen LogP contribution in [0.1, 0.15) is 86.0 Å². The van der Waals surface area contributed by atoms with E-state index < -0.39 is 0 Å². The minimum Gasteiger partial charge on any atom is -0.424 e. The molecule has 0 radical (unpaired) electrons. The molecule has 0 atom stereocenters. The van der Waals surface area contributed by atoms with Crippen LogP contribution in [0.25, 0.3) is 11.1 Å². The Morgan fingerprint density at radius 2 is 1.52 bits per heavy atom. The van der Waals surface area contributed by atoms with Crippen LogP contribution in [-0.2, 0) is 16.1 Å². The SMILES string of the molecule is CCCCCCCC(=O)N(C)Cc1cc(-c2cccc(Nc3ccccc3C(=O)c3ccccc3)c2OC(=O)CCC)cs1. The van der Waals surface area contributed by atoms with Gasteiger partial charge in [-0.3, -0.25) is 14.4 Å². The number of hydrogen-bond donors (Lipinski definition) is 1. The van der Waals surface area contributed by atoms with Crippen LogP contribution in [0.5, 0.6) is 5.75 Å². The van der Waals surface area contributed by atoms with Crippen LogP contribution in [-0.4, -0.2) is 29.6 Å². The molecule has 0 aliphatic heterocycles. The minimum atomic E-state index is -0.323. The molecule has 4 aromatic rings. The first-order valence-electron chi connectivity index (χ1n) is 15.5. The molecule has 44 heavy (non-hydrogen) atoms. The molecule has 4 rings (SSSR count). The number of anilines is 2. The second-order valence-electron chi connectivity index (χ2n) is 11.0. The fourth-order valence-corrected chi connectivity index (χ4v) is 5.96. The summed E-state index contributed by atoms with van der Waals surface area (Å²) >= 11 is 1.58. The number of para-hydroxylation sites is 2. The molecule has 3 aromatic carbocycles. The van der Waals surface area contributed by atoms with Crippen molar-refractivity contribution in [3.63, 3.8) is 0 Å². The van der Waals surface area contributed by atoms with Crippen LogP contribution in [0.2, 0.25) is 0 Å². The van der Waals surface area contributed by atoms with Crippen LogP contribution in [0, 0.1) is 0 Å². The van der Waals surface area contributed by atoms with Crippen LogP contribution in [0.3, 0.4) is 0 Å². The number of nitrogens with one attached hydrogen (secondary N) is 1. The van der Waals surface area contributed by atoms with Crippen LogP contribution >= 0.6 is 11.3 Å². The van der Waals surface area contributed by atoms with Crippen LogP contribution in [0.15, 0.2) is 84.2 Å². The lowest BCUT2D eigenvalue weighted by atomic mass is 10.0. The molecule has 0 saturated heterocycles. The van der Waals surface area contributed by atoms with Crippen molar-refractivity contribution in [3.05, 3.63) is 100 Å². The summed E-state index contributed by atoms with van der Waals surface area (Å²) in [5, 5.41) is 5.42. The van der Waals surface area contributed by atoms with Gasteiger partial charge in [0.15, 0.2) is 11.5 Å². The summed E-state index contributed by atoms with van der Waals surface area (Å²) in [6, 6.07) is 24.2. The number of thiophene rings is 1. The maximum absolute atomic E-state index is 13.4. The fraction of sp³-hybridized carbons (Fsp3) is 0.324. The summed E-state index contributed by atoms with van der Waals surface area (Å²) in [5.41, 5.74) is 3.98. The topological polar surface area (TPSA) is 75.7 Å². The van der Waals surface area contributed by atoms with E-state index in [1.165, 1.54) is 19.3 Å². The van der Waals surface area contributed by atoms with Gasteiger partial charge >= 0.3 is 5.97 Å². The van der Waals surface area contributed by atoms with E-state index in [0.717, 1.165) is 28.8 Å². The molecule has 1 N–H and O–H groups in total. The van der Waals surface area contributed by atoms with Gasteiger partial charge in [-0.05, 0) is 48.1 Å². The van der Waals surface area contributed by atoms with Gasteiger partial charge in [0.05, 0.1) is 12.2 Å². The molecule has 6 nitrogen and oxygen atoms in total. The highest BCUT2D eigenvalue weighted by Crippen LogP contribution is 2.40. The molecule has 0 spiro atoms. The zero-order valence-electron chi connectivity index (χ0n) is 25.9. The smallest absolute Gasteiger partial charge is 0.311 e. The van der Waals surface area contributed by atoms with E-state index in [-0.39, 0.29) is 24.1 Å². The maximum Gasteiger partial charge on any atom is 0.311 e. The van der Waals surface area contributed by atoms with Crippen LogP contribution < -0.4 is 10.1 Å². The molecule has 0 unspecified atom stereocenters. The van der Waals surface area contributed by atoms with Gasteiger partial charge in [0.25, 0.3) is 0 Å². The Labute approximate surface area is 265 Å². The molecule has 1 heterocycles. The first-order chi connectivity index (χ1) is 21.4. The van der Waals surface area contributed by atoms with E-state index in [4.69, 9.17) is 4.74 Å². The molecule has 1 aromatic heterocycles. The lowest BCUT2D eigenvalue weighted by molar-refractivity contribution is -0.134. The molecule has 0 aliphatic rings. The summed E-state index contributed by atoms with van der Waals surface area (Å²) < 4.78 is 5.98. The number of amides is 1. The quantitative estimate of drug-likeness (QED) is 0.0592. The third-order valence-corrected chi connectivity index (χ3v) is 8.36. The monoisotopic (exact) mass is 610 g/mol. The van der Waals surface area contributed by atoms with E-state index in [2.05, 4.69) is 18.3 Å². The van der Waals surface area contributed by atoms with Crippen molar-refractivity contribution < 1.29 is 19.1 Å². The zero-order valence-corrected chi connectivity index (χ0v) is 26.8. The first-order valence-corrected chi connectivity index (χ1v) is 16.4. The fourth-order valence-electron chi connectivity index (χ4n) is 5.02. The highest BCUT2D eigenvalue weighted by molar-refractivity contribution is 7.10. The molecule has 0 bridgehead atoms. The van der Waals surface area contributed by atoms with Crippen molar-refractivity contribution in [2.45, 2.75) is 71.8 Å². The summed E-state index contributed by atoms with van der Waals surface area (Å²) in [6.07, 6.45) is 7.11. The second-order valence-corrected chi connectivity index (χ2v) is 12.0. The normalized spacial score (nSPS) is 10.8. The van der Waals surface area contributed by atoms with E-state index in [0.29, 0.717) is 47.6 Å². The zero-order chi connectivity index (χ0) is 31.3. The number of ether oxygens (including phenoxy) is 1. The number of hydrogen-bond acceptors (Lipinski definition) is 6. The van der Waals surface area contributed by atoms with Crippen molar-refractivity contribution >= 4 is 40.4 Å². The predicted octanol–water partition coefficient (Wildman–Crippen LogP) is 9.41. The lowest BCUT2D eigenvalue weighted by Crippen LogP contribution is -2.25. The first kappa shape index (κ1) is 32.7. The Hall–Kier alpha value is -4.23. The maximum atomic E-state index is 13.4. The summed E-state index contributed by atoms with van der Waals surface area (Å²) in [6.45, 7) is 4.65. The van der Waals surface area contributed by atoms with Crippen molar-refractivity contribution in [1.82, 2.24) is 4.90 Å².